The fourth-order valence-corrected chi connectivity index (χ4v) is 3.99. The first-order valence-electron chi connectivity index (χ1n) is 11.4. The molecule has 0 amide bonds. The molecule has 0 saturated carbocycles. The van der Waals surface area contributed by atoms with Gasteiger partial charge in [-0.3, -0.25) is 4.90 Å². The smallest absolute Gasteiger partial charge is 0.191 e. The standard InChI is InChI=1S/C23H42N6O.HI/c1-8-24-23(25-11-12-29(17(2)3)18(4)5)27-14-21-9-10-22(26-13-21)28-15-19(6)30-20(7)16-28;/h9-10,13,17-20H,8,11-12,14-16H2,1-7H3,(H2,24,25,27);1H. The second kappa shape index (κ2) is 14.1. The number of halogens is 1. The van der Waals surface area contributed by atoms with Crippen LogP contribution in [0.25, 0.3) is 0 Å². The van der Waals surface area contributed by atoms with E-state index in [9.17, 15) is 0 Å². The molecule has 1 saturated heterocycles. The molecule has 8 heteroatoms. The number of nitrogens with zero attached hydrogens (tertiary/aromatic N) is 4. The third kappa shape index (κ3) is 9.49. The maximum Gasteiger partial charge on any atom is 0.191 e. The number of hydrogen-bond acceptors (Lipinski definition) is 5. The van der Waals surface area contributed by atoms with Crippen LogP contribution in [0.2, 0.25) is 0 Å². The van der Waals surface area contributed by atoms with Crippen LogP contribution in [0.1, 0.15) is 54.0 Å². The van der Waals surface area contributed by atoms with Gasteiger partial charge in [-0.15, -0.1) is 24.0 Å². The molecule has 1 aromatic heterocycles. The number of guanidine groups is 1. The van der Waals surface area contributed by atoms with E-state index in [1.807, 2.05) is 6.20 Å². The van der Waals surface area contributed by atoms with Crippen molar-refractivity contribution in [2.24, 2.45) is 4.99 Å². The highest BCUT2D eigenvalue weighted by Crippen LogP contribution is 2.18. The van der Waals surface area contributed by atoms with Crippen LogP contribution in [0.3, 0.4) is 0 Å². The van der Waals surface area contributed by atoms with Crippen LogP contribution in [-0.2, 0) is 11.3 Å². The lowest BCUT2D eigenvalue weighted by Crippen LogP contribution is -2.45. The van der Waals surface area contributed by atoms with E-state index in [1.54, 1.807) is 0 Å². The van der Waals surface area contributed by atoms with E-state index in [0.29, 0.717) is 18.6 Å². The summed E-state index contributed by atoms with van der Waals surface area (Å²) in [7, 11) is 0. The van der Waals surface area contributed by atoms with Crippen molar-refractivity contribution in [3.05, 3.63) is 23.9 Å². The van der Waals surface area contributed by atoms with Gasteiger partial charge >= 0.3 is 0 Å². The zero-order valence-corrected chi connectivity index (χ0v) is 22.7. The summed E-state index contributed by atoms with van der Waals surface area (Å²) in [5, 5.41) is 6.79. The molecule has 1 aromatic rings. The largest absolute Gasteiger partial charge is 0.372 e. The van der Waals surface area contributed by atoms with Crippen LogP contribution in [0, 0.1) is 0 Å². The minimum absolute atomic E-state index is 0. The van der Waals surface area contributed by atoms with Crippen LogP contribution in [-0.4, -0.2) is 72.9 Å². The summed E-state index contributed by atoms with van der Waals surface area (Å²) >= 11 is 0. The normalized spacial score (nSPS) is 19.7. The number of anilines is 1. The third-order valence-corrected chi connectivity index (χ3v) is 5.31. The van der Waals surface area contributed by atoms with Crippen molar-refractivity contribution in [3.63, 3.8) is 0 Å². The Kier molecular flexibility index (Phi) is 12.7. The molecular weight excluding hydrogens is 503 g/mol. The van der Waals surface area contributed by atoms with Crippen molar-refractivity contribution in [2.45, 2.75) is 79.3 Å². The van der Waals surface area contributed by atoms with E-state index >= 15 is 0 Å². The second-order valence-electron chi connectivity index (χ2n) is 8.73. The topological polar surface area (TPSA) is 65.0 Å². The number of aliphatic imine (C=N–C) groups is 1. The summed E-state index contributed by atoms with van der Waals surface area (Å²) in [6.45, 7) is 20.4. The molecule has 2 atom stereocenters. The van der Waals surface area contributed by atoms with Crippen LogP contribution >= 0.6 is 24.0 Å². The zero-order valence-electron chi connectivity index (χ0n) is 20.4. The zero-order chi connectivity index (χ0) is 22.1. The van der Waals surface area contributed by atoms with Crippen molar-refractivity contribution >= 4 is 35.8 Å². The third-order valence-electron chi connectivity index (χ3n) is 5.31. The van der Waals surface area contributed by atoms with E-state index in [1.165, 1.54) is 0 Å². The molecule has 0 aliphatic carbocycles. The summed E-state index contributed by atoms with van der Waals surface area (Å²) < 4.78 is 5.82. The molecule has 1 fully saturated rings. The summed E-state index contributed by atoms with van der Waals surface area (Å²) in [4.78, 5) is 14.2. The van der Waals surface area contributed by atoms with Crippen molar-refractivity contribution in [1.29, 1.82) is 0 Å². The van der Waals surface area contributed by atoms with E-state index in [4.69, 9.17) is 9.73 Å². The van der Waals surface area contributed by atoms with Crippen molar-refractivity contribution in [1.82, 2.24) is 20.5 Å². The summed E-state index contributed by atoms with van der Waals surface area (Å²) in [5.74, 6) is 1.86. The van der Waals surface area contributed by atoms with Gasteiger partial charge in [0.25, 0.3) is 0 Å². The molecule has 2 N–H and O–H groups in total. The van der Waals surface area contributed by atoms with Gasteiger partial charge in [0.15, 0.2) is 5.96 Å². The van der Waals surface area contributed by atoms with Gasteiger partial charge in [-0.25, -0.2) is 9.98 Å². The maximum atomic E-state index is 5.82. The van der Waals surface area contributed by atoms with Crippen molar-refractivity contribution in [3.8, 4) is 0 Å². The highest BCUT2D eigenvalue weighted by atomic mass is 127. The van der Waals surface area contributed by atoms with Gasteiger partial charge in [-0.1, -0.05) is 6.07 Å². The molecule has 1 aliphatic rings. The molecule has 0 radical (unpaired) electrons. The minimum atomic E-state index is 0. The summed E-state index contributed by atoms with van der Waals surface area (Å²) in [6.07, 6.45) is 2.40. The molecule has 0 spiro atoms. The molecule has 1 aliphatic heterocycles. The van der Waals surface area contributed by atoms with Gasteiger partial charge in [0, 0.05) is 51.0 Å². The lowest BCUT2D eigenvalue weighted by atomic mass is 10.2. The lowest BCUT2D eigenvalue weighted by Gasteiger charge is -2.36. The van der Waals surface area contributed by atoms with Gasteiger partial charge in [0.2, 0.25) is 0 Å². The summed E-state index contributed by atoms with van der Waals surface area (Å²) in [5.41, 5.74) is 1.11. The Balaban J connectivity index is 0.00000480. The number of nitrogens with one attached hydrogen (secondary N) is 2. The lowest BCUT2D eigenvalue weighted by molar-refractivity contribution is -0.00545. The Hall–Kier alpha value is -1.13. The van der Waals surface area contributed by atoms with E-state index in [0.717, 1.165) is 50.1 Å². The van der Waals surface area contributed by atoms with Crippen molar-refractivity contribution < 1.29 is 4.74 Å². The van der Waals surface area contributed by atoms with Crippen LogP contribution < -0.4 is 15.5 Å². The predicted molar refractivity (Wildman–Crippen MR) is 142 cm³/mol. The Labute approximate surface area is 206 Å². The molecule has 178 valence electrons. The van der Waals surface area contributed by atoms with Crippen molar-refractivity contribution in [2.75, 3.05) is 37.6 Å². The van der Waals surface area contributed by atoms with E-state index < -0.39 is 0 Å². The Morgan fingerprint density at radius 3 is 2.32 bits per heavy atom. The van der Waals surface area contributed by atoms with Gasteiger partial charge in [0.05, 0.1) is 18.8 Å². The van der Waals surface area contributed by atoms with Crippen LogP contribution in [0.4, 0.5) is 5.82 Å². The molecule has 2 heterocycles. The van der Waals surface area contributed by atoms with Gasteiger partial charge in [-0.05, 0) is 60.1 Å². The van der Waals surface area contributed by atoms with Gasteiger partial charge < -0.3 is 20.3 Å². The number of hydrogen-bond donors (Lipinski definition) is 2. The SMILES string of the molecule is CCNC(=NCc1ccc(N2CC(C)OC(C)C2)nc1)NCCN(C(C)C)C(C)C.I. The number of rotatable bonds is 9. The number of aromatic nitrogens is 1. The number of pyridine rings is 1. The Morgan fingerprint density at radius 2 is 1.81 bits per heavy atom. The molecule has 0 aromatic carbocycles. The first-order chi connectivity index (χ1) is 14.3. The fourth-order valence-electron chi connectivity index (χ4n) is 3.99. The monoisotopic (exact) mass is 546 g/mol. The van der Waals surface area contributed by atoms with Crippen LogP contribution in [0.5, 0.6) is 0 Å². The van der Waals surface area contributed by atoms with Crippen LogP contribution in [0.15, 0.2) is 23.3 Å². The minimum Gasteiger partial charge on any atom is -0.372 e. The number of morpholine rings is 1. The van der Waals surface area contributed by atoms with E-state index in [2.05, 4.69) is 86.0 Å². The quantitative estimate of drug-likeness (QED) is 0.281. The molecule has 2 rings (SSSR count). The highest BCUT2D eigenvalue weighted by Gasteiger charge is 2.23. The predicted octanol–water partition coefficient (Wildman–Crippen LogP) is 3.49. The Bertz CT molecular complexity index is 634. The molecular formula is C23H43IN6O. The maximum absolute atomic E-state index is 5.82. The first kappa shape index (κ1) is 27.9. The molecule has 2 unspecified atom stereocenters. The number of ether oxygens (including phenoxy) is 1. The van der Waals surface area contributed by atoms with Gasteiger partial charge in [0.1, 0.15) is 5.82 Å². The first-order valence-corrected chi connectivity index (χ1v) is 11.4. The highest BCUT2D eigenvalue weighted by molar-refractivity contribution is 14.0. The second-order valence-corrected chi connectivity index (χ2v) is 8.73. The molecule has 7 nitrogen and oxygen atoms in total. The molecule has 0 bridgehead atoms. The summed E-state index contributed by atoms with van der Waals surface area (Å²) in [6, 6.07) is 5.29. The average Bonchev–Trinajstić information content (AvgIpc) is 2.68. The Morgan fingerprint density at radius 1 is 1.16 bits per heavy atom. The average molecular weight is 547 g/mol. The molecule has 31 heavy (non-hydrogen) atoms. The van der Waals surface area contributed by atoms with E-state index in [-0.39, 0.29) is 36.2 Å². The van der Waals surface area contributed by atoms with Gasteiger partial charge in [-0.2, -0.15) is 0 Å². The fraction of sp³-hybridized carbons (Fsp3) is 0.739.